The molecule has 0 unspecified atom stereocenters. The van der Waals surface area contributed by atoms with Gasteiger partial charge in [0.25, 0.3) is 5.91 Å². The number of benzene rings is 1. The van der Waals surface area contributed by atoms with Gasteiger partial charge in [0, 0.05) is 30.1 Å². The fourth-order valence-electron chi connectivity index (χ4n) is 3.57. The highest BCUT2D eigenvalue weighted by Gasteiger charge is 2.28. The molecule has 0 saturated heterocycles. The number of hydrogen-bond acceptors (Lipinski definition) is 4. The molecule has 1 aromatic heterocycles. The number of pyridine rings is 1. The summed E-state index contributed by atoms with van der Waals surface area (Å²) < 4.78 is 0. The molecule has 1 aliphatic heterocycles. The molecule has 26 heavy (non-hydrogen) atoms. The van der Waals surface area contributed by atoms with E-state index in [-0.39, 0.29) is 11.8 Å². The van der Waals surface area contributed by atoms with E-state index in [0.717, 1.165) is 23.4 Å². The number of carbonyl (C=O) groups excluding carboxylic acids is 2. The second kappa shape index (κ2) is 7.50. The molecule has 1 saturated carbocycles. The second-order valence-electron chi connectivity index (χ2n) is 6.68. The van der Waals surface area contributed by atoms with Crippen LogP contribution < -0.4 is 10.2 Å². The Labute approximate surface area is 157 Å². The van der Waals surface area contributed by atoms with Gasteiger partial charge in [-0.15, -0.1) is 0 Å². The molecule has 1 fully saturated rings. The van der Waals surface area contributed by atoms with Gasteiger partial charge in [-0.2, -0.15) is 0 Å². The highest BCUT2D eigenvalue weighted by atomic mass is 32.2. The number of nitrogens with one attached hydrogen (secondary N) is 1. The topological polar surface area (TPSA) is 62.3 Å². The first-order valence-corrected chi connectivity index (χ1v) is 9.87. The van der Waals surface area contributed by atoms with Gasteiger partial charge < -0.3 is 10.2 Å². The SMILES string of the molecule is O=C(CCN1C(=O)c2cccnc2Sc2ccccc21)NC1CCCC1. The van der Waals surface area contributed by atoms with Crippen molar-refractivity contribution in [1.82, 2.24) is 10.3 Å². The van der Waals surface area contributed by atoms with E-state index in [1.165, 1.54) is 24.6 Å². The molecule has 2 aliphatic rings. The highest BCUT2D eigenvalue weighted by Crippen LogP contribution is 2.40. The number of nitrogens with zero attached hydrogens (tertiary/aromatic N) is 2. The van der Waals surface area contributed by atoms with Crippen LogP contribution in [-0.4, -0.2) is 29.4 Å². The molecular weight excluding hydrogens is 346 g/mol. The van der Waals surface area contributed by atoms with Crippen LogP contribution in [0.15, 0.2) is 52.5 Å². The molecule has 0 bridgehead atoms. The summed E-state index contributed by atoms with van der Waals surface area (Å²) in [5.74, 6) is -0.0790. The summed E-state index contributed by atoms with van der Waals surface area (Å²) in [5.41, 5.74) is 1.43. The second-order valence-corrected chi connectivity index (χ2v) is 7.71. The van der Waals surface area contributed by atoms with Crippen molar-refractivity contribution in [1.29, 1.82) is 0 Å². The summed E-state index contributed by atoms with van der Waals surface area (Å²) >= 11 is 1.50. The van der Waals surface area contributed by atoms with Gasteiger partial charge in [-0.1, -0.05) is 36.7 Å². The van der Waals surface area contributed by atoms with Crippen LogP contribution >= 0.6 is 11.8 Å². The van der Waals surface area contributed by atoms with Gasteiger partial charge in [0.2, 0.25) is 5.91 Å². The average molecular weight is 367 g/mol. The summed E-state index contributed by atoms with van der Waals surface area (Å²) in [7, 11) is 0. The molecule has 2 aromatic rings. The van der Waals surface area contributed by atoms with Gasteiger partial charge in [0.05, 0.1) is 11.3 Å². The van der Waals surface area contributed by atoms with Gasteiger partial charge in [-0.05, 0) is 37.1 Å². The van der Waals surface area contributed by atoms with Crippen molar-refractivity contribution in [2.45, 2.75) is 48.1 Å². The van der Waals surface area contributed by atoms with Crippen LogP contribution in [0.25, 0.3) is 0 Å². The van der Waals surface area contributed by atoms with Crippen LogP contribution in [-0.2, 0) is 4.79 Å². The van der Waals surface area contributed by atoms with Crippen molar-refractivity contribution in [3.05, 3.63) is 48.2 Å². The zero-order valence-electron chi connectivity index (χ0n) is 14.5. The molecular formula is C20H21N3O2S. The highest BCUT2D eigenvalue weighted by molar-refractivity contribution is 7.99. The normalized spacial score (nSPS) is 16.8. The van der Waals surface area contributed by atoms with E-state index >= 15 is 0 Å². The van der Waals surface area contributed by atoms with Gasteiger partial charge in [0.1, 0.15) is 5.03 Å². The van der Waals surface area contributed by atoms with E-state index in [1.807, 2.05) is 24.3 Å². The molecule has 1 aromatic carbocycles. The van der Waals surface area contributed by atoms with Crippen LogP contribution in [0.5, 0.6) is 0 Å². The Morgan fingerprint density at radius 3 is 2.85 bits per heavy atom. The minimum Gasteiger partial charge on any atom is -0.353 e. The lowest BCUT2D eigenvalue weighted by atomic mass is 10.2. The first-order valence-electron chi connectivity index (χ1n) is 9.05. The lowest BCUT2D eigenvalue weighted by molar-refractivity contribution is -0.121. The van der Waals surface area contributed by atoms with Crippen LogP contribution in [0.1, 0.15) is 42.5 Å². The molecule has 6 heteroatoms. The number of anilines is 1. The van der Waals surface area contributed by atoms with E-state index in [2.05, 4.69) is 10.3 Å². The minimum atomic E-state index is -0.0979. The van der Waals surface area contributed by atoms with Crippen molar-refractivity contribution in [2.24, 2.45) is 0 Å². The molecule has 1 aliphatic carbocycles. The number of carbonyl (C=O) groups is 2. The van der Waals surface area contributed by atoms with E-state index in [0.29, 0.717) is 29.6 Å². The number of amides is 2. The average Bonchev–Trinajstić information content (AvgIpc) is 3.12. The van der Waals surface area contributed by atoms with Crippen LogP contribution in [0.3, 0.4) is 0 Å². The summed E-state index contributed by atoms with van der Waals surface area (Å²) in [5, 5.41) is 3.81. The Bertz CT molecular complexity index is 833. The lowest BCUT2D eigenvalue weighted by Gasteiger charge is -2.23. The zero-order valence-corrected chi connectivity index (χ0v) is 15.3. The predicted molar refractivity (Wildman–Crippen MR) is 101 cm³/mol. The minimum absolute atomic E-state index is 0.0190. The molecule has 0 atom stereocenters. The number of para-hydroxylation sites is 1. The fraction of sp³-hybridized carbons (Fsp3) is 0.350. The third-order valence-electron chi connectivity index (χ3n) is 4.89. The Kier molecular flexibility index (Phi) is 4.93. The third kappa shape index (κ3) is 3.46. The molecule has 2 heterocycles. The monoisotopic (exact) mass is 367 g/mol. The Morgan fingerprint density at radius 1 is 1.19 bits per heavy atom. The quantitative estimate of drug-likeness (QED) is 0.896. The largest absolute Gasteiger partial charge is 0.353 e. The fourth-order valence-corrected chi connectivity index (χ4v) is 4.58. The van der Waals surface area contributed by atoms with E-state index in [9.17, 15) is 9.59 Å². The van der Waals surface area contributed by atoms with Crippen molar-refractivity contribution in [3.8, 4) is 0 Å². The lowest BCUT2D eigenvalue weighted by Crippen LogP contribution is -2.38. The maximum absolute atomic E-state index is 13.1. The van der Waals surface area contributed by atoms with Gasteiger partial charge in [-0.25, -0.2) is 4.98 Å². The van der Waals surface area contributed by atoms with Gasteiger partial charge in [-0.3, -0.25) is 9.59 Å². The summed E-state index contributed by atoms with van der Waals surface area (Å²) in [6.45, 7) is 0.364. The third-order valence-corrected chi connectivity index (χ3v) is 5.98. The van der Waals surface area contributed by atoms with E-state index < -0.39 is 0 Å². The van der Waals surface area contributed by atoms with Gasteiger partial charge >= 0.3 is 0 Å². The number of hydrogen-bond donors (Lipinski definition) is 1. The Morgan fingerprint density at radius 2 is 2.00 bits per heavy atom. The maximum Gasteiger partial charge on any atom is 0.261 e. The zero-order chi connectivity index (χ0) is 17.9. The number of rotatable bonds is 4. The molecule has 2 amide bonds. The summed E-state index contributed by atoms with van der Waals surface area (Å²) in [6.07, 6.45) is 6.50. The maximum atomic E-state index is 13.1. The Hall–Kier alpha value is -2.34. The molecule has 4 rings (SSSR count). The van der Waals surface area contributed by atoms with Crippen molar-refractivity contribution < 1.29 is 9.59 Å². The number of aromatic nitrogens is 1. The van der Waals surface area contributed by atoms with Crippen molar-refractivity contribution in [2.75, 3.05) is 11.4 Å². The first kappa shape index (κ1) is 17.1. The van der Waals surface area contributed by atoms with E-state index in [4.69, 9.17) is 0 Å². The molecule has 134 valence electrons. The molecule has 1 N–H and O–H groups in total. The number of fused-ring (bicyclic) bond motifs is 2. The molecule has 5 nitrogen and oxygen atoms in total. The van der Waals surface area contributed by atoms with Crippen LogP contribution in [0.4, 0.5) is 5.69 Å². The van der Waals surface area contributed by atoms with Crippen molar-refractivity contribution in [3.63, 3.8) is 0 Å². The molecule has 0 radical (unpaired) electrons. The first-order chi connectivity index (χ1) is 12.7. The van der Waals surface area contributed by atoms with E-state index in [1.54, 1.807) is 23.2 Å². The Balaban J connectivity index is 1.55. The van der Waals surface area contributed by atoms with Crippen molar-refractivity contribution >= 4 is 29.3 Å². The predicted octanol–water partition coefficient (Wildman–Crippen LogP) is 3.64. The van der Waals surface area contributed by atoms with Crippen LogP contribution in [0.2, 0.25) is 0 Å². The summed E-state index contributed by atoms with van der Waals surface area (Å²) in [4.78, 5) is 32.5. The van der Waals surface area contributed by atoms with Crippen LogP contribution in [0, 0.1) is 0 Å². The summed E-state index contributed by atoms with van der Waals surface area (Å²) in [6, 6.07) is 11.7. The molecule has 0 spiro atoms. The van der Waals surface area contributed by atoms with Gasteiger partial charge in [0.15, 0.2) is 0 Å². The smallest absolute Gasteiger partial charge is 0.261 e. The standard InChI is InChI=1S/C20H21N3O2S/c24-18(22-14-6-1-2-7-14)11-13-23-16-9-3-4-10-17(16)26-19-15(20(23)25)8-5-12-21-19/h3-5,8-10,12,14H,1-2,6-7,11,13H2,(H,22,24).